The molecule has 134 valence electrons. The normalized spacial score (nSPS) is 23.4. The van der Waals surface area contributed by atoms with Gasteiger partial charge in [-0.1, -0.05) is 12.2 Å². The molecule has 1 N–H and O–H groups in total. The summed E-state index contributed by atoms with van der Waals surface area (Å²) in [7, 11) is 0. The Morgan fingerprint density at radius 3 is 2.80 bits per heavy atom. The van der Waals surface area contributed by atoms with Gasteiger partial charge in [-0.3, -0.25) is 0 Å². The quantitative estimate of drug-likeness (QED) is 0.855. The lowest BCUT2D eigenvalue weighted by molar-refractivity contribution is 0.184. The number of carbonyl (C=O) groups is 1. The Labute approximate surface area is 148 Å². The highest BCUT2D eigenvalue weighted by Crippen LogP contribution is 2.30. The minimum atomic E-state index is 0.0331. The molecule has 2 saturated heterocycles. The summed E-state index contributed by atoms with van der Waals surface area (Å²) in [6.45, 7) is 3.47. The van der Waals surface area contributed by atoms with Gasteiger partial charge in [-0.15, -0.1) is 0 Å². The second-order valence-corrected chi connectivity index (χ2v) is 7.08. The third-order valence-electron chi connectivity index (χ3n) is 5.22. The summed E-state index contributed by atoms with van der Waals surface area (Å²) >= 11 is 0. The van der Waals surface area contributed by atoms with Gasteiger partial charge >= 0.3 is 6.03 Å². The molecule has 0 radical (unpaired) electrons. The fourth-order valence-corrected chi connectivity index (χ4v) is 3.83. The highest BCUT2D eigenvalue weighted by Gasteiger charge is 2.30. The molecule has 1 aromatic rings. The van der Waals surface area contributed by atoms with Crippen LogP contribution < -0.4 is 15.0 Å². The molecule has 0 bridgehead atoms. The second kappa shape index (κ2) is 7.33. The molecule has 2 amide bonds. The van der Waals surface area contributed by atoms with E-state index in [2.05, 4.69) is 27.4 Å². The lowest BCUT2D eigenvalue weighted by Crippen LogP contribution is -2.43. The van der Waals surface area contributed by atoms with Crippen molar-refractivity contribution in [2.45, 2.75) is 44.2 Å². The number of anilines is 1. The van der Waals surface area contributed by atoms with Crippen molar-refractivity contribution < 1.29 is 9.53 Å². The van der Waals surface area contributed by atoms with Gasteiger partial charge in [0.1, 0.15) is 6.10 Å². The van der Waals surface area contributed by atoms with E-state index in [1.54, 1.807) is 0 Å². The molecule has 4 rings (SSSR count). The summed E-state index contributed by atoms with van der Waals surface area (Å²) in [5.74, 6) is 1.79. The molecule has 25 heavy (non-hydrogen) atoms. The number of nitrogens with zero attached hydrogens (tertiary/aromatic N) is 3. The molecular formula is C19H26N4O2. The highest BCUT2D eigenvalue weighted by atomic mass is 16.5. The van der Waals surface area contributed by atoms with Gasteiger partial charge in [-0.05, 0) is 37.8 Å². The van der Waals surface area contributed by atoms with E-state index in [1.807, 2.05) is 23.2 Å². The van der Waals surface area contributed by atoms with Crippen molar-refractivity contribution in [2.24, 2.45) is 0 Å². The number of hydrogen-bond acceptors (Lipinski definition) is 4. The zero-order valence-corrected chi connectivity index (χ0v) is 14.6. The number of amides is 2. The number of aromatic nitrogens is 1. The number of hydrogen-bond donors (Lipinski definition) is 1. The van der Waals surface area contributed by atoms with Crippen LogP contribution in [0.2, 0.25) is 0 Å². The first kappa shape index (κ1) is 16.2. The molecular weight excluding hydrogens is 316 g/mol. The molecule has 1 atom stereocenters. The van der Waals surface area contributed by atoms with E-state index < -0.39 is 0 Å². The molecule has 2 aliphatic heterocycles. The largest absolute Gasteiger partial charge is 0.485 e. The minimum Gasteiger partial charge on any atom is -0.485 e. The predicted molar refractivity (Wildman–Crippen MR) is 97.0 cm³/mol. The zero-order chi connectivity index (χ0) is 17.1. The van der Waals surface area contributed by atoms with Crippen LogP contribution in [0.5, 0.6) is 5.75 Å². The van der Waals surface area contributed by atoms with Crippen LogP contribution in [0.1, 0.15) is 32.1 Å². The summed E-state index contributed by atoms with van der Waals surface area (Å²) in [5, 5.41) is 3.11. The Morgan fingerprint density at radius 1 is 1.20 bits per heavy atom. The van der Waals surface area contributed by atoms with Gasteiger partial charge in [-0.2, -0.15) is 0 Å². The average Bonchev–Trinajstić information content (AvgIpc) is 3.38. The molecule has 3 heterocycles. The van der Waals surface area contributed by atoms with E-state index in [4.69, 9.17) is 4.74 Å². The van der Waals surface area contributed by atoms with Crippen LogP contribution in [0.4, 0.5) is 10.6 Å². The topological polar surface area (TPSA) is 57.7 Å². The van der Waals surface area contributed by atoms with Gasteiger partial charge in [0, 0.05) is 38.3 Å². The highest BCUT2D eigenvalue weighted by molar-refractivity contribution is 5.75. The fourth-order valence-electron chi connectivity index (χ4n) is 3.83. The van der Waals surface area contributed by atoms with Gasteiger partial charge in [0.25, 0.3) is 0 Å². The van der Waals surface area contributed by atoms with Crippen LogP contribution in [0.3, 0.4) is 0 Å². The van der Waals surface area contributed by atoms with E-state index >= 15 is 0 Å². The van der Waals surface area contributed by atoms with Crippen LogP contribution in [-0.2, 0) is 0 Å². The van der Waals surface area contributed by atoms with Gasteiger partial charge in [0.2, 0.25) is 0 Å². The first-order chi connectivity index (χ1) is 12.3. The number of ether oxygens (including phenoxy) is 1. The Hall–Kier alpha value is -2.24. The molecule has 6 nitrogen and oxygen atoms in total. The summed E-state index contributed by atoms with van der Waals surface area (Å²) in [4.78, 5) is 21.1. The number of likely N-dealkylation sites (tertiary alicyclic amines) is 1. The van der Waals surface area contributed by atoms with Crippen molar-refractivity contribution >= 4 is 11.8 Å². The van der Waals surface area contributed by atoms with Crippen molar-refractivity contribution in [3.63, 3.8) is 0 Å². The third kappa shape index (κ3) is 3.72. The van der Waals surface area contributed by atoms with Crippen LogP contribution in [-0.4, -0.2) is 54.2 Å². The maximum atomic E-state index is 12.4. The van der Waals surface area contributed by atoms with Crippen molar-refractivity contribution in [3.8, 4) is 5.75 Å². The fraction of sp³-hybridized carbons (Fsp3) is 0.579. The Bertz CT molecular complexity index is 634. The van der Waals surface area contributed by atoms with E-state index in [-0.39, 0.29) is 18.2 Å². The standard InChI is InChI=1S/C19H26N4O2/c24-19(21-15-6-1-2-7-15)23-13-9-16(14-23)25-17-8-5-10-20-18(17)22-11-3-4-12-22/h1-2,5,8,10,15-16H,3-4,6-7,9,11-14H2,(H,21,24)/t16-/m1/s1. The number of pyridine rings is 1. The van der Waals surface area contributed by atoms with Crippen LogP contribution in [0.25, 0.3) is 0 Å². The Kier molecular flexibility index (Phi) is 4.76. The number of urea groups is 1. The van der Waals surface area contributed by atoms with E-state index in [9.17, 15) is 4.79 Å². The van der Waals surface area contributed by atoms with Crippen molar-refractivity contribution in [2.75, 3.05) is 31.1 Å². The van der Waals surface area contributed by atoms with Crippen LogP contribution >= 0.6 is 0 Å². The first-order valence-corrected chi connectivity index (χ1v) is 9.36. The molecule has 0 saturated carbocycles. The lowest BCUT2D eigenvalue weighted by atomic mass is 10.2. The molecule has 0 aromatic carbocycles. The van der Waals surface area contributed by atoms with E-state index in [0.717, 1.165) is 50.5 Å². The second-order valence-electron chi connectivity index (χ2n) is 7.08. The molecule has 1 aliphatic carbocycles. The molecule has 6 heteroatoms. The maximum absolute atomic E-state index is 12.4. The number of nitrogens with one attached hydrogen (secondary N) is 1. The third-order valence-corrected chi connectivity index (χ3v) is 5.22. The van der Waals surface area contributed by atoms with E-state index in [1.165, 1.54) is 12.8 Å². The monoisotopic (exact) mass is 342 g/mol. The summed E-state index contributed by atoms with van der Waals surface area (Å²) in [6.07, 6.45) is 11.3. The first-order valence-electron chi connectivity index (χ1n) is 9.36. The number of carbonyl (C=O) groups excluding carboxylic acids is 1. The molecule has 3 aliphatic rings. The van der Waals surface area contributed by atoms with Crippen molar-refractivity contribution in [1.29, 1.82) is 0 Å². The van der Waals surface area contributed by atoms with Crippen molar-refractivity contribution in [1.82, 2.24) is 15.2 Å². The SMILES string of the molecule is O=C(NC1CC=CC1)N1CC[C@@H](Oc2cccnc2N2CCCC2)C1. The van der Waals surface area contributed by atoms with Crippen LogP contribution in [0, 0.1) is 0 Å². The van der Waals surface area contributed by atoms with Gasteiger partial charge in [0.05, 0.1) is 6.54 Å². The van der Waals surface area contributed by atoms with Crippen LogP contribution in [0.15, 0.2) is 30.5 Å². The van der Waals surface area contributed by atoms with Gasteiger partial charge in [0.15, 0.2) is 11.6 Å². The Morgan fingerprint density at radius 2 is 2.00 bits per heavy atom. The summed E-state index contributed by atoms with van der Waals surface area (Å²) in [6, 6.07) is 4.20. The van der Waals surface area contributed by atoms with E-state index in [0.29, 0.717) is 6.54 Å². The molecule has 0 unspecified atom stereocenters. The van der Waals surface area contributed by atoms with Gasteiger partial charge in [-0.25, -0.2) is 9.78 Å². The Balaban J connectivity index is 1.34. The predicted octanol–water partition coefficient (Wildman–Crippen LogP) is 2.56. The molecule has 2 fully saturated rings. The minimum absolute atomic E-state index is 0.0331. The lowest BCUT2D eigenvalue weighted by Gasteiger charge is -2.23. The summed E-state index contributed by atoms with van der Waals surface area (Å²) < 4.78 is 6.23. The number of rotatable bonds is 4. The maximum Gasteiger partial charge on any atom is 0.317 e. The average molecular weight is 342 g/mol. The summed E-state index contributed by atoms with van der Waals surface area (Å²) in [5.41, 5.74) is 0. The smallest absolute Gasteiger partial charge is 0.317 e. The van der Waals surface area contributed by atoms with Gasteiger partial charge < -0.3 is 19.9 Å². The molecule has 0 spiro atoms. The molecule has 1 aromatic heterocycles. The zero-order valence-electron chi connectivity index (χ0n) is 14.6. The van der Waals surface area contributed by atoms with Crippen molar-refractivity contribution in [3.05, 3.63) is 30.5 Å².